The maximum absolute atomic E-state index is 12.8. The maximum atomic E-state index is 12.8. The number of hydrogen-bond acceptors (Lipinski definition) is 2. The molecule has 3 heteroatoms. The predicted octanol–water partition coefficient (Wildman–Crippen LogP) is 3.62. The minimum Gasteiger partial charge on any atom is -0.353 e. The molecule has 122 valence electrons. The Hall–Kier alpha value is -0.570. The molecule has 0 aromatic rings. The maximum Gasteiger partial charge on any atom is 0.223 e. The summed E-state index contributed by atoms with van der Waals surface area (Å²) in [6.07, 6.45) is 10.8. The topological polar surface area (TPSA) is 55.1 Å². The molecule has 0 bridgehead atoms. The normalized spacial score (nSPS) is 34.8. The second kappa shape index (κ2) is 7.13. The van der Waals surface area contributed by atoms with Crippen molar-refractivity contribution in [2.24, 2.45) is 23.0 Å². The van der Waals surface area contributed by atoms with Crippen molar-refractivity contribution in [1.82, 2.24) is 5.32 Å². The first-order chi connectivity index (χ1) is 9.93. The van der Waals surface area contributed by atoms with Gasteiger partial charge in [-0.05, 0) is 37.0 Å². The SMILES string of the molecule is CC1C(N)CCC(C(=O)NC2CCCCCCC2)C1(C)C. The number of amides is 1. The van der Waals surface area contributed by atoms with Gasteiger partial charge in [-0.2, -0.15) is 0 Å². The molecule has 2 rings (SSSR count). The second-order valence-electron chi connectivity index (χ2n) is 7.95. The summed E-state index contributed by atoms with van der Waals surface area (Å²) in [7, 11) is 0. The van der Waals surface area contributed by atoms with Crippen LogP contribution in [0.1, 0.15) is 78.6 Å². The Balaban J connectivity index is 1.95. The van der Waals surface area contributed by atoms with Crippen molar-refractivity contribution in [2.75, 3.05) is 0 Å². The van der Waals surface area contributed by atoms with Crippen LogP contribution in [0.15, 0.2) is 0 Å². The van der Waals surface area contributed by atoms with E-state index in [1.807, 2.05) is 0 Å². The van der Waals surface area contributed by atoms with Crippen LogP contribution in [-0.4, -0.2) is 18.0 Å². The molecular formula is C18H34N2O. The van der Waals surface area contributed by atoms with Gasteiger partial charge in [0.25, 0.3) is 0 Å². The van der Waals surface area contributed by atoms with E-state index in [2.05, 4.69) is 26.1 Å². The molecule has 0 saturated heterocycles. The van der Waals surface area contributed by atoms with Crippen LogP contribution in [0, 0.1) is 17.3 Å². The Bertz CT molecular complexity index is 345. The molecule has 2 saturated carbocycles. The lowest BCUT2D eigenvalue weighted by Crippen LogP contribution is -2.53. The minimum atomic E-state index is 0.00334. The van der Waals surface area contributed by atoms with Gasteiger partial charge in [-0.3, -0.25) is 4.79 Å². The second-order valence-corrected chi connectivity index (χ2v) is 7.95. The number of carbonyl (C=O) groups is 1. The molecule has 3 unspecified atom stereocenters. The Morgan fingerprint density at radius 2 is 1.57 bits per heavy atom. The molecule has 3 atom stereocenters. The third-order valence-corrected chi connectivity index (χ3v) is 6.27. The number of rotatable bonds is 2. The van der Waals surface area contributed by atoms with Crippen molar-refractivity contribution in [3.05, 3.63) is 0 Å². The molecule has 2 aliphatic rings. The highest BCUT2D eigenvalue weighted by atomic mass is 16.2. The molecule has 2 aliphatic carbocycles. The zero-order chi connectivity index (χ0) is 15.5. The molecule has 3 N–H and O–H groups in total. The fraction of sp³-hybridized carbons (Fsp3) is 0.944. The minimum absolute atomic E-state index is 0.00334. The molecule has 0 aliphatic heterocycles. The highest BCUT2D eigenvalue weighted by Crippen LogP contribution is 2.44. The zero-order valence-corrected chi connectivity index (χ0v) is 14.2. The van der Waals surface area contributed by atoms with E-state index in [0.717, 1.165) is 25.7 Å². The van der Waals surface area contributed by atoms with E-state index in [1.54, 1.807) is 0 Å². The first-order valence-electron chi connectivity index (χ1n) is 8.99. The van der Waals surface area contributed by atoms with Crippen molar-refractivity contribution in [1.29, 1.82) is 0 Å². The summed E-state index contributed by atoms with van der Waals surface area (Å²) in [6, 6.07) is 0.643. The van der Waals surface area contributed by atoms with Crippen LogP contribution in [0.4, 0.5) is 0 Å². The summed E-state index contributed by atoms with van der Waals surface area (Å²) in [6.45, 7) is 6.65. The van der Waals surface area contributed by atoms with Crippen LogP contribution < -0.4 is 11.1 Å². The highest BCUT2D eigenvalue weighted by Gasteiger charge is 2.45. The van der Waals surface area contributed by atoms with E-state index in [-0.39, 0.29) is 23.3 Å². The van der Waals surface area contributed by atoms with Crippen molar-refractivity contribution >= 4 is 5.91 Å². The first-order valence-corrected chi connectivity index (χ1v) is 8.99. The Labute approximate surface area is 130 Å². The summed E-state index contributed by atoms with van der Waals surface area (Å²) >= 11 is 0. The predicted molar refractivity (Wildman–Crippen MR) is 87.9 cm³/mol. The van der Waals surface area contributed by atoms with E-state index in [0.29, 0.717) is 12.0 Å². The van der Waals surface area contributed by atoms with Crippen molar-refractivity contribution in [3.8, 4) is 0 Å². The first kappa shape index (κ1) is 16.8. The van der Waals surface area contributed by atoms with Gasteiger partial charge in [0.1, 0.15) is 0 Å². The zero-order valence-electron chi connectivity index (χ0n) is 14.2. The molecule has 0 aromatic carbocycles. The molecule has 0 radical (unpaired) electrons. The van der Waals surface area contributed by atoms with Crippen LogP contribution in [0.2, 0.25) is 0 Å². The Kier molecular flexibility index (Phi) is 5.70. The van der Waals surface area contributed by atoms with E-state index < -0.39 is 0 Å². The number of carbonyl (C=O) groups excluding carboxylic acids is 1. The molecule has 1 amide bonds. The number of hydrogen-bond donors (Lipinski definition) is 2. The average Bonchev–Trinajstić information content (AvgIpc) is 2.39. The lowest BCUT2D eigenvalue weighted by Gasteiger charge is -2.46. The standard InChI is InChI=1S/C18H34N2O/c1-13-16(19)12-11-15(18(13,2)3)17(21)20-14-9-7-5-4-6-8-10-14/h13-16H,4-12,19H2,1-3H3,(H,20,21). The van der Waals surface area contributed by atoms with Gasteiger partial charge in [-0.15, -0.1) is 0 Å². The van der Waals surface area contributed by atoms with Crippen LogP contribution in [0.5, 0.6) is 0 Å². The Morgan fingerprint density at radius 1 is 1.00 bits per heavy atom. The molecule has 2 fully saturated rings. The monoisotopic (exact) mass is 294 g/mol. The average molecular weight is 294 g/mol. The molecule has 0 spiro atoms. The van der Waals surface area contributed by atoms with Gasteiger partial charge in [0.15, 0.2) is 0 Å². The molecule has 3 nitrogen and oxygen atoms in total. The third-order valence-electron chi connectivity index (χ3n) is 6.27. The highest BCUT2D eigenvalue weighted by molar-refractivity contribution is 5.80. The fourth-order valence-electron chi connectivity index (χ4n) is 4.22. The summed E-state index contributed by atoms with van der Waals surface area (Å²) in [5, 5.41) is 3.37. The lowest BCUT2D eigenvalue weighted by atomic mass is 9.61. The van der Waals surface area contributed by atoms with Gasteiger partial charge in [-0.1, -0.05) is 52.9 Å². The Morgan fingerprint density at radius 3 is 2.19 bits per heavy atom. The summed E-state index contributed by atoms with van der Waals surface area (Å²) in [5.41, 5.74) is 6.21. The molecule has 0 aromatic heterocycles. The number of nitrogens with two attached hydrogens (primary N) is 1. The lowest BCUT2D eigenvalue weighted by molar-refractivity contribution is -0.133. The molecular weight excluding hydrogens is 260 g/mol. The quantitative estimate of drug-likeness (QED) is 0.817. The third kappa shape index (κ3) is 4.00. The summed E-state index contributed by atoms with van der Waals surface area (Å²) < 4.78 is 0. The van der Waals surface area contributed by atoms with Crippen molar-refractivity contribution in [3.63, 3.8) is 0 Å². The fourth-order valence-corrected chi connectivity index (χ4v) is 4.22. The van der Waals surface area contributed by atoms with Crippen LogP contribution in [0.25, 0.3) is 0 Å². The van der Waals surface area contributed by atoms with Gasteiger partial charge in [0.05, 0.1) is 0 Å². The van der Waals surface area contributed by atoms with E-state index in [1.165, 1.54) is 32.1 Å². The smallest absolute Gasteiger partial charge is 0.223 e. The van der Waals surface area contributed by atoms with Crippen molar-refractivity contribution < 1.29 is 4.79 Å². The van der Waals surface area contributed by atoms with Gasteiger partial charge in [0, 0.05) is 18.0 Å². The van der Waals surface area contributed by atoms with Gasteiger partial charge >= 0.3 is 0 Å². The van der Waals surface area contributed by atoms with E-state index in [9.17, 15) is 4.79 Å². The van der Waals surface area contributed by atoms with E-state index in [4.69, 9.17) is 5.73 Å². The molecule has 21 heavy (non-hydrogen) atoms. The summed E-state index contributed by atoms with van der Waals surface area (Å²) in [4.78, 5) is 12.8. The van der Waals surface area contributed by atoms with Gasteiger partial charge in [0.2, 0.25) is 5.91 Å². The van der Waals surface area contributed by atoms with Crippen LogP contribution in [0.3, 0.4) is 0 Å². The van der Waals surface area contributed by atoms with Crippen molar-refractivity contribution in [2.45, 2.75) is 90.6 Å². The number of nitrogens with one attached hydrogen (secondary N) is 1. The van der Waals surface area contributed by atoms with Gasteiger partial charge < -0.3 is 11.1 Å². The van der Waals surface area contributed by atoms with Crippen LogP contribution >= 0.6 is 0 Å². The molecule has 0 heterocycles. The van der Waals surface area contributed by atoms with Crippen LogP contribution in [-0.2, 0) is 4.79 Å². The largest absolute Gasteiger partial charge is 0.353 e. The van der Waals surface area contributed by atoms with E-state index >= 15 is 0 Å². The van der Waals surface area contributed by atoms with Gasteiger partial charge in [-0.25, -0.2) is 0 Å². The summed E-state index contributed by atoms with van der Waals surface area (Å²) in [5.74, 6) is 0.807.